The standard InChI is InChI=1S/C10H13NO6S2/c1-7-3-4-8(18(2,14)15)5-9(7)11-19(16,17)6-10(12)13/h3-5,11H,6H2,1-2H3,(H,12,13). The smallest absolute Gasteiger partial charge is 0.320 e. The topological polar surface area (TPSA) is 118 Å². The van der Waals surface area contributed by atoms with Crippen LogP contribution >= 0.6 is 0 Å². The van der Waals surface area contributed by atoms with Gasteiger partial charge in [0.1, 0.15) is 0 Å². The molecule has 0 aliphatic carbocycles. The van der Waals surface area contributed by atoms with Crippen LogP contribution < -0.4 is 4.72 Å². The summed E-state index contributed by atoms with van der Waals surface area (Å²) in [5.74, 6) is -2.58. The first-order valence-electron chi connectivity index (χ1n) is 5.04. The number of rotatable bonds is 5. The van der Waals surface area contributed by atoms with E-state index < -0.39 is 31.6 Å². The number of benzene rings is 1. The first-order valence-corrected chi connectivity index (χ1v) is 8.58. The normalized spacial score (nSPS) is 12.1. The van der Waals surface area contributed by atoms with Gasteiger partial charge in [0.25, 0.3) is 0 Å². The van der Waals surface area contributed by atoms with Crippen molar-refractivity contribution in [3.8, 4) is 0 Å². The molecule has 0 aliphatic rings. The zero-order chi connectivity index (χ0) is 14.8. The summed E-state index contributed by atoms with van der Waals surface area (Å²) in [4.78, 5) is 10.4. The van der Waals surface area contributed by atoms with Gasteiger partial charge in [-0.1, -0.05) is 6.07 Å². The number of sulfone groups is 1. The van der Waals surface area contributed by atoms with E-state index >= 15 is 0 Å². The molecule has 0 saturated carbocycles. The minimum Gasteiger partial charge on any atom is -0.480 e. The van der Waals surface area contributed by atoms with Gasteiger partial charge >= 0.3 is 5.97 Å². The fourth-order valence-electron chi connectivity index (χ4n) is 1.31. The molecule has 7 nitrogen and oxygen atoms in total. The van der Waals surface area contributed by atoms with Gasteiger partial charge in [-0.2, -0.15) is 0 Å². The second-order valence-corrected chi connectivity index (χ2v) is 7.74. The number of carboxylic acid groups (broad SMARTS) is 1. The summed E-state index contributed by atoms with van der Waals surface area (Å²) in [7, 11) is -7.53. The third-order valence-electron chi connectivity index (χ3n) is 2.22. The van der Waals surface area contributed by atoms with Gasteiger partial charge in [-0.3, -0.25) is 9.52 Å². The Balaban J connectivity index is 3.18. The van der Waals surface area contributed by atoms with Crippen molar-refractivity contribution < 1.29 is 26.7 Å². The van der Waals surface area contributed by atoms with Crippen LogP contribution in [-0.2, 0) is 24.7 Å². The average molecular weight is 307 g/mol. The van der Waals surface area contributed by atoms with E-state index in [2.05, 4.69) is 4.72 Å². The Morgan fingerprint density at radius 1 is 1.26 bits per heavy atom. The van der Waals surface area contributed by atoms with Crippen molar-refractivity contribution in [1.82, 2.24) is 0 Å². The molecular weight excluding hydrogens is 294 g/mol. The highest BCUT2D eigenvalue weighted by molar-refractivity contribution is 7.93. The maximum atomic E-state index is 11.5. The SMILES string of the molecule is Cc1ccc(S(C)(=O)=O)cc1NS(=O)(=O)CC(=O)O. The van der Waals surface area contributed by atoms with Crippen LogP contribution in [0.5, 0.6) is 0 Å². The molecule has 0 unspecified atom stereocenters. The van der Waals surface area contributed by atoms with Crippen molar-refractivity contribution >= 4 is 31.5 Å². The molecule has 2 N–H and O–H groups in total. The molecule has 106 valence electrons. The summed E-state index contributed by atoms with van der Waals surface area (Å²) in [6.07, 6.45) is 0.993. The quantitative estimate of drug-likeness (QED) is 0.803. The van der Waals surface area contributed by atoms with Gasteiger partial charge in [-0.15, -0.1) is 0 Å². The Hall–Kier alpha value is -1.61. The van der Waals surface area contributed by atoms with E-state index in [0.29, 0.717) is 5.56 Å². The lowest BCUT2D eigenvalue weighted by Gasteiger charge is -2.10. The minimum absolute atomic E-state index is 0.0455. The van der Waals surface area contributed by atoms with Crippen molar-refractivity contribution in [3.63, 3.8) is 0 Å². The van der Waals surface area contributed by atoms with Crippen LogP contribution in [0, 0.1) is 6.92 Å². The first kappa shape index (κ1) is 15.4. The molecule has 0 amide bonds. The average Bonchev–Trinajstić information content (AvgIpc) is 2.17. The number of aliphatic carboxylic acids is 1. The van der Waals surface area contributed by atoms with Crippen molar-refractivity contribution in [1.29, 1.82) is 0 Å². The van der Waals surface area contributed by atoms with E-state index in [-0.39, 0.29) is 10.6 Å². The van der Waals surface area contributed by atoms with E-state index in [1.807, 2.05) is 0 Å². The molecule has 19 heavy (non-hydrogen) atoms. The molecule has 0 atom stereocenters. The van der Waals surface area contributed by atoms with Crippen LogP contribution in [0.2, 0.25) is 0 Å². The first-order chi connectivity index (χ1) is 8.51. The Bertz CT molecular complexity index is 706. The molecule has 0 aliphatic heterocycles. The molecule has 9 heteroatoms. The van der Waals surface area contributed by atoms with Crippen LogP contribution in [0.4, 0.5) is 5.69 Å². The predicted octanol–water partition coefficient (Wildman–Crippen LogP) is 0.225. The van der Waals surface area contributed by atoms with Crippen LogP contribution in [0.1, 0.15) is 5.56 Å². The summed E-state index contributed by atoms with van der Waals surface area (Å²) in [6, 6.07) is 3.94. The second kappa shape index (κ2) is 5.17. The number of aryl methyl sites for hydroxylation is 1. The van der Waals surface area contributed by atoms with Gasteiger partial charge in [0.05, 0.1) is 10.6 Å². The molecule has 1 aromatic rings. The van der Waals surface area contributed by atoms with Crippen molar-refractivity contribution in [2.45, 2.75) is 11.8 Å². The van der Waals surface area contributed by atoms with Gasteiger partial charge in [0.15, 0.2) is 15.6 Å². The fourth-order valence-corrected chi connectivity index (χ4v) is 2.91. The highest BCUT2D eigenvalue weighted by Crippen LogP contribution is 2.21. The third kappa shape index (κ3) is 4.52. The van der Waals surface area contributed by atoms with Crippen molar-refractivity contribution in [3.05, 3.63) is 23.8 Å². The number of anilines is 1. The monoisotopic (exact) mass is 307 g/mol. The van der Waals surface area contributed by atoms with E-state index in [1.165, 1.54) is 12.1 Å². The lowest BCUT2D eigenvalue weighted by atomic mass is 10.2. The highest BCUT2D eigenvalue weighted by Gasteiger charge is 2.18. The molecule has 0 spiro atoms. The Morgan fingerprint density at radius 2 is 1.84 bits per heavy atom. The van der Waals surface area contributed by atoms with Gasteiger partial charge < -0.3 is 5.11 Å². The number of carbonyl (C=O) groups is 1. The van der Waals surface area contributed by atoms with Crippen LogP contribution in [0.25, 0.3) is 0 Å². The van der Waals surface area contributed by atoms with Crippen molar-refractivity contribution in [2.24, 2.45) is 0 Å². The lowest BCUT2D eigenvalue weighted by Crippen LogP contribution is -2.22. The largest absolute Gasteiger partial charge is 0.480 e. The molecule has 0 aromatic heterocycles. The number of sulfonamides is 1. The van der Waals surface area contributed by atoms with E-state index in [4.69, 9.17) is 5.11 Å². The Morgan fingerprint density at radius 3 is 2.32 bits per heavy atom. The molecule has 1 aromatic carbocycles. The van der Waals surface area contributed by atoms with Gasteiger partial charge in [0.2, 0.25) is 10.0 Å². The zero-order valence-electron chi connectivity index (χ0n) is 10.2. The third-order valence-corrected chi connectivity index (χ3v) is 4.48. The molecule has 1 rings (SSSR count). The molecule has 0 heterocycles. The maximum Gasteiger partial charge on any atom is 0.320 e. The summed E-state index contributed by atoms with van der Waals surface area (Å²) in [5.41, 5.74) is 0.533. The lowest BCUT2D eigenvalue weighted by molar-refractivity contribution is -0.134. The molecule has 0 fully saturated rings. The number of hydrogen-bond donors (Lipinski definition) is 2. The molecule has 0 bridgehead atoms. The van der Waals surface area contributed by atoms with Crippen LogP contribution in [-0.4, -0.2) is 39.9 Å². The Kier molecular flexibility index (Phi) is 4.21. The molecular formula is C10H13NO6S2. The highest BCUT2D eigenvalue weighted by atomic mass is 32.2. The number of nitrogens with one attached hydrogen (secondary N) is 1. The summed E-state index contributed by atoms with van der Waals surface area (Å²) in [6.45, 7) is 1.57. The van der Waals surface area contributed by atoms with Crippen LogP contribution in [0.3, 0.4) is 0 Å². The van der Waals surface area contributed by atoms with Crippen LogP contribution in [0.15, 0.2) is 23.1 Å². The molecule has 0 saturated heterocycles. The maximum absolute atomic E-state index is 11.5. The van der Waals surface area contributed by atoms with Gasteiger partial charge in [-0.05, 0) is 24.6 Å². The number of hydrogen-bond acceptors (Lipinski definition) is 5. The molecule has 0 radical (unpaired) electrons. The summed E-state index contributed by atoms with van der Waals surface area (Å²) < 4.78 is 47.8. The van der Waals surface area contributed by atoms with Crippen molar-refractivity contribution in [2.75, 3.05) is 16.7 Å². The van der Waals surface area contributed by atoms with Gasteiger partial charge in [-0.25, -0.2) is 16.8 Å². The zero-order valence-corrected chi connectivity index (χ0v) is 11.9. The van der Waals surface area contributed by atoms with E-state index in [0.717, 1.165) is 12.3 Å². The van der Waals surface area contributed by atoms with E-state index in [1.54, 1.807) is 6.92 Å². The fraction of sp³-hybridized carbons (Fsp3) is 0.300. The number of carboxylic acids is 1. The predicted molar refractivity (Wildman–Crippen MR) is 69.3 cm³/mol. The summed E-state index contributed by atoms with van der Waals surface area (Å²) >= 11 is 0. The van der Waals surface area contributed by atoms with E-state index in [9.17, 15) is 21.6 Å². The Labute approximate surface area is 111 Å². The van der Waals surface area contributed by atoms with Gasteiger partial charge in [0, 0.05) is 6.26 Å². The second-order valence-electron chi connectivity index (χ2n) is 4.00. The minimum atomic E-state index is -4.06. The summed E-state index contributed by atoms with van der Waals surface area (Å²) in [5, 5.41) is 8.47.